The van der Waals surface area contributed by atoms with Crippen LogP contribution in [0.4, 0.5) is 0 Å². The fraction of sp³-hybridized carbons (Fsp3) is 0.647. The summed E-state index contributed by atoms with van der Waals surface area (Å²) in [7, 11) is 0. The van der Waals surface area contributed by atoms with Crippen molar-refractivity contribution < 1.29 is 4.74 Å². The van der Waals surface area contributed by atoms with Crippen molar-refractivity contribution in [1.29, 1.82) is 0 Å². The molecule has 3 rings (SSSR count). The quantitative estimate of drug-likeness (QED) is 0.868. The molecule has 2 N–H and O–H groups in total. The van der Waals surface area contributed by atoms with Gasteiger partial charge in [0.2, 0.25) is 0 Å². The maximum absolute atomic E-state index is 6.32. The topological polar surface area (TPSA) is 35.2 Å². The van der Waals surface area contributed by atoms with Crippen LogP contribution in [-0.2, 0) is 5.41 Å². The van der Waals surface area contributed by atoms with E-state index < -0.39 is 0 Å². The first-order chi connectivity index (χ1) is 9.25. The van der Waals surface area contributed by atoms with Crippen molar-refractivity contribution in [3.63, 3.8) is 0 Å². The summed E-state index contributed by atoms with van der Waals surface area (Å²) in [5, 5.41) is 0. The number of nitrogens with two attached hydrogens (primary N) is 1. The van der Waals surface area contributed by atoms with Crippen molar-refractivity contribution in [3.8, 4) is 5.75 Å². The molecule has 104 valence electrons. The minimum Gasteiger partial charge on any atom is -0.494 e. The Kier molecular flexibility index (Phi) is 3.53. The van der Waals surface area contributed by atoms with E-state index in [4.69, 9.17) is 10.5 Å². The lowest BCUT2D eigenvalue weighted by molar-refractivity contribution is 0.242. The van der Waals surface area contributed by atoms with E-state index in [2.05, 4.69) is 18.2 Å². The van der Waals surface area contributed by atoms with Gasteiger partial charge in [0, 0.05) is 6.04 Å². The molecule has 1 fully saturated rings. The van der Waals surface area contributed by atoms with Crippen molar-refractivity contribution in [3.05, 3.63) is 29.3 Å². The van der Waals surface area contributed by atoms with E-state index in [0.29, 0.717) is 5.41 Å². The summed E-state index contributed by atoms with van der Waals surface area (Å²) in [4.78, 5) is 0. The number of ether oxygens (including phenoxy) is 1. The van der Waals surface area contributed by atoms with Crippen LogP contribution >= 0.6 is 0 Å². The second-order valence-corrected chi connectivity index (χ2v) is 6.17. The summed E-state index contributed by atoms with van der Waals surface area (Å²) in [6.45, 7) is 2.78. The molecule has 1 atom stereocenters. The minimum atomic E-state index is 0.221. The molecular formula is C17H25NO. The van der Waals surface area contributed by atoms with Gasteiger partial charge in [-0.25, -0.2) is 0 Å². The molecule has 1 unspecified atom stereocenters. The Morgan fingerprint density at radius 3 is 2.74 bits per heavy atom. The molecule has 1 aromatic rings. The average molecular weight is 259 g/mol. The van der Waals surface area contributed by atoms with Gasteiger partial charge in [-0.05, 0) is 61.3 Å². The maximum Gasteiger partial charge on any atom is 0.119 e. The Balaban J connectivity index is 2.03. The van der Waals surface area contributed by atoms with Gasteiger partial charge in [0.15, 0.2) is 0 Å². The fourth-order valence-corrected chi connectivity index (χ4v) is 4.04. The Morgan fingerprint density at radius 1 is 1.21 bits per heavy atom. The number of rotatable bonds is 2. The second-order valence-electron chi connectivity index (χ2n) is 6.17. The maximum atomic E-state index is 6.32. The van der Waals surface area contributed by atoms with Gasteiger partial charge in [0.1, 0.15) is 5.75 Å². The third kappa shape index (κ3) is 2.27. The summed E-state index contributed by atoms with van der Waals surface area (Å²) in [5.74, 6) is 1.01. The van der Waals surface area contributed by atoms with Crippen LogP contribution in [0.5, 0.6) is 5.75 Å². The zero-order chi connectivity index (χ0) is 13.3. The van der Waals surface area contributed by atoms with Crippen LogP contribution in [-0.4, -0.2) is 6.61 Å². The predicted molar refractivity (Wildman–Crippen MR) is 78.5 cm³/mol. The zero-order valence-corrected chi connectivity index (χ0v) is 12.0. The van der Waals surface area contributed by atoms with E-state index in [-0.39, 0.29) is 6.04 Å². The Bertz CT molecular complexity index is 449. The normalized spacial score (nSPS) is 25.1. The van der Waals surface area contributed by atoms with E-state index in [1.165, 1.54) is 49.7 Å². The lowest BCUT2D eigenvalue weighted by atomic mass is 9.61. The molecule has 0 amide bonds. The van der Waals surface area contributed by atoms with Gasteiger partial charge < -0.3 is 10.5 Å². The third-order valence-electron chi connectivity index (χ3n) is 5.05. The van der Waals surface area contributed by atoms with Crippen LogP contribution in [0.15, 0.2) is 18.2 Å². The lowest BCUT2D eigenvalue weighted by Gasteiger charge is -2.44. The summed E-state index contributed by atoms with van der Waals surface area (Å²) < 4.78 is 5.70. The van der Waals surface area contributed by atoms with E-state index in [9.17, 15) is 0 Å². The molecule has 1 saturated carbocycles. The molecule has 0 heterocycles. The first-order valence-electron chi connectivity index (χ1n) is 7.78. The van der Waals surface area contributed by atoms with Crippen LogP contribution in [0.1, 0.15) is 69.0 Å². The van der Waals surface area contributed by atoms with Crippen LogP contribution in [0.3, 0.4) is 0 Å². The molecule has 1 spiro atoms. The van der Waals surface area contributed by atoms with E-state index in [1.54, 1.807) is 0 Å². The highest BCUT2D eigenvalue weighted by atomic mass is 16.5. The van der Waals surface area contributed by atoms with Crippen molar-refractivity contribution in [2.75, 3.05) is 6.61 Å². The molecule has 0 radical (unpaired) electrons. The van der Waals surface area contributed by atoms with Crippen molar-refractivity contribution in [2.45, 2.75) is 63.3 Å². The molecule has 19 heavy (non-hydrogen) atoms. The second kappa shape index (κ2) is 5.16. The molecule has 2 aliphatic carbocycles. The monoisotopic (exact) mass is 259 g/mol. The highest BCUT2D eigenvalue weighted by Crippen LogP contribution is 2.50. The van der Waals surface area contributed by atoms with Crippen LogP contribution < -0.4 is 10.5 Å². The number of hydrogen-bond acceptors (Lipinski definition) is 2. The van der Waals surface area contributed by atoms with Gasteiger partial charge in [-0.2, -0.15) is 0 Å². The van der Waals surface area contributed by atoms with Crippen molar-refractivity contribution in [1.82, 2.24) is 0 Å². The van der Waals surface area contributed by atoms with Gasteiger partial charge in [0.25, 0.3) is 0 Å². The molecule has 0 aromatic heterocycles. The highest BCUT2D eigenvalue weighted by Gasteiger charge is 2.39. The SMILES string of the molecule is CCOc1ccc2c(c1)C1(CCCCC1)CCC2N. The Hall–Kier alpha value is -1.02. The molecular weight excluding hydrogens is 234 g/mol. The number of hydrogen-bond donors (Lipinski definition) is 1. The van der Waals surface area contributed by atoms with E-state index >= 15 is 0 Å². The first kappa shape index (κ1) is 13.0. The standard InChI is InChI=1S/C17H25NO/c1-2-19-13-6-7-14-15(12-13)17(11-8-16(14)18)9-4-3-5-10-17/h6-7,12,16H,2-5,8-11,18H2,1H3. The lowest BCUT2D eigenvalue weighted by Crippen LogP contribution is -2.36. The summed E-state index contributed by atoms with van der Waals surface area (Å²) >= 11 is 0. The van der Waals surface area contributed by atoms with Crippen molar-refractivity contribution >= 4 is 0 Å². The van der Waals surface area contributed by atoms with Gasteiger partial charge in [-0.15, -0.1) is 0 Å². The number of fused-ring (bicyclic) bond motifs is 2. The highest BCUT2D eigenvalue weighted by molar-refractivity contribution is 5.44. The van der Waals surface area contributed by atoms with E-state index in [1.807, 2.05) is 6.92 Å². The summed E-state index contributed by atoms with van der Waals surface area (Å²) in [6.07, 6.45) is 9.21. The van der Waals surface area contributed by atoms with Gasteiger partial charge in [-0.1, -0.05) is 25.3 Å². The molecule has 0 saturated heterocycles. The predicted octanol–water partition coefficient (Wildman–Crippen LogP) is 4.08. The van der Waals surface area contributed by atoms with Gasteiger partial charge in [-0.3, -0.25) is 0 Å². The summed E-state index contributed by atoms with van der Waals surface area (Å²) in [6, 6.07) is 6.80. The Labute approximate surface area is 116 Å². The zero-order valence-electron chi connectivity index (χ0n) is 12.0. The number of benzene rings is 1. The minimum absolute atomic E-state index is 0.221. The Morgan fingerprint density at radius 2 is 2.00 bits per heavy atom. The molecule has 0 bridgehead atoms. The van der Waals surface area contributed by atoms with Crippen LogP contribution in [0.25, 0.3) is 0 Å². The molecule has 2 aliphatic rings. The van der Waals surface area contributed by atoms with Crippen LogP contribution in [0, 0.1) is 0 Å². The van der Waals surface area contributed by atoms with Gasteiger partial charge in [0.05, 0.1) is 6.61 Å². The van der Waals surface area contributed by atoms with Gasteiger partial charge >= 0.3 is 0 Å². The molecule has 2 nitrogen and oxygen atoms in total. The first-order valence-corrected chi connectivity index (χ1v) is 7.78. The molecule has 1 aromatic carbocycles. The molecule has 0 aliphatic heterocycles. The van der Waals surface area contributed by atoms with Crippen LogP contribution in [0.2, 0.25) is 0 Å². The third-order valence-corrected chi connectivity index (χ3v) is 5.05. The molecule has 2 heteroatoms. The smallest absolute Gasteiger partial charge is 0.119 e. The van der Waals surface area contributed by atoms with Crippen molar-refractivity contribution in [2.24, 2.45) is 5.73 Å². The fourth-order valence-electron chi connectivity index (χ4n) is 4.04. The largest absolute Gasteiger partial charge is 0.494 e. The average Bonchev–Trinajstić information content (AvgIpc) is 2.45. The summed E-state index contributed by atoms with van der Waals surface area (Å²) in [5.41, 5.74) is 9.59. The van der Waals surface area contributed by atoms with E-state index in [0.717, 1.165) is 18.8 Å².